The molecule has 1 aromatic heterocycles. The Balaban J connectivity index is 2.26. The van der Waals surface area contributed by atoms with Gasteiger partial charge in [-0.25, -0.2) is 4.98 Å². The van der Waals surface area contributed by atoms with E-state index < -0.39 is 6.10 Å². The molecule has 1 aromatic carbocycles. The summed E-state index contributed by atoms with van der Waals surface area (Å²) >= 11 is 1.61. The van der Waals surface area contributed by atoms with Crippen LogP contribution in [0.25, 0.3) is 0 Å². The van der Waals surface area contributed by atoms with E-state index in [2.05, 4.69) is 25.8 Å². The third-order valence-electron chi connectivity index (χ3n) is 2.84. The lowest BCUT2D eigenvalue weighted by Gasteiger charge is -2.14. The summed E-state index contributed by atoms with van der Waals surface area (Å²) in [4.78, 5) is 4.55. The fourth-order valence-electron chi connectivity index (χ4n) is 1.68. The second-order valence-corrected chi connectivity index (χ2v) is 6.50. The molecule has 2 rings (SSSR count). The van der Waals surface area contributed by atoms with E-state index in [1.54, 1.807) is 11.3 Å². The monoisotopic (exact) mass is 261 g/mol. The summed E-state index contributed by atoms with van der Waals surface area (Å²) in [6.07, 6.45) is -0.627. The van der Waals surface area contributed by atoms with Crippen LogP contribution in [0.2, 0.25) is 0 Å². The molecule has 0 saturated carbocycles. The van der Waals surface area contributed by atoms with Crippen molar-refractivity contribution in [2.45, 2.75) is 39.2 Å². The van der Waals surface area contributed by atoms with Gasteiger partial charge in [0.05, 0.1) is 10.7 Å². The molecule has 18 heavy (non-hydrogen) atoms. The summed E-state index contributed by atoms with van der Waals surface area (Å²) in [5.41, 5.74) is 2.87. The van der Waals surface area contributed by atoms with Crippen molar-refractivity contribution in [3.63, 3.8) is 0 Å². The Hall–Kier alpha value is -1.19. The van der Waals surface area contributed by atoms with E-state index in [1.165, 1.54) is 5.56 Å². The minimum atomic E-state index is -0.627. The lowest BCUT2D eigenvalue weighted by molar-refractivity contribution is 0.215. The lowest BCUT2D eigenvalue weighted by atomic mass is 9.98. The van der Waals surface area contributed by atoms with Crippen molar-refractivity contribution in [3.05, 3.63) is 51.5 Å². The molecule has 0 radical (unpaired) electrons. The fraction of sp³-hybridized carbons (Fsp3) is 0.400. The van der Waals surface area contributed by atoms with Crippen LogP contribution in [0.4, 0.5) is 0 Å². The molecule has 2 nitrogen and oxygen atoms in total. The van der Waals surface area contributed by atoms with Crippen molar-refractivity contribution in [2.75, 3.05) is 0 Å². The van der Waals surface area contributed by atoms with Gasteiger partial charge in [0.25, 0.3) is 0 Å². The molecule has 0 aliphatic rings. The van der Waals surface area contributed by atoms with Gasteiger partial charge >= 0.3 is 0 Å². The third kappa shape index (κ3) is 2.79. The topological polar surface area (TPSA) is 33.1 Å². The second kappa shape index (κ2) is 4.82. The average molecular weight is 261 g/mol. The van der Waals surface area contributed by atoms with Crippen LogP contribution in [-0.4, -0.2) is 10.1 Å². The molecule has 1 unspecified atom stereocenters. The van der Waals surface area contributed by atoms with Crippen molar-refractivity contribution >= 4 is 11.3 Å². The van der Waals surface area contributed by atoms with Crippen molar-refractivity contribution in [1.82, 2.24) is 4.98 Å². The molecule has 0 bridgehead atoms. The average Bonchev–Trinajstić information content (AvgIpc) is 2.78. The van der Waals surface area contributed by atoms with Crippen molar-refractivity contribution in [1.29, 1.82) is 0 Å². The summed E-state index contributed by atoms with van der Waals surface area (Å²) in [6.45, 7) is 8.44. The first-order valence-corrected chi connectivity index (χ1v) is 6.96. The molecule has 1 heterocycles. The highest BCUT2D eigenvalue weighted by Gasteiger charge is 2.21. The summed E-state index contributed by atoms with van der Waals surface area (Å²) in [5, 5.41) is 13.3. The molecule has 96 valence electrons. The number of hydrogen-bond acceptors (Lipinski definition) is 3. The Kier molecular flexibility index (Phi) is 3.55. The maximum atomic E-state index is 10.3. The Bertz CT molecular complexity index is 522. The van der Waals surface area contributed by atoms with E-state index in [9.17, 15) is 5.11 Å². The van der Waals surface area contributed by atoms with Crippen molar-refractivity contribution in [3.8, 4) is 0 Å². The van der Waals surface area contributed by atoms with Crippen molar-refractivity contribution in [2.24, 2.45) is 0 Å². The van der Waals surface area contributed by atoms with Crippen LogP contribution in [-0.2, 0) is 5.41 Å². The zero-order chi connectivity index (χ0) is 13.3. The number of thiazole rings is 1. The highest BCUT2D eigenvalue weighted by molar-refractivity contribution is 7.09. The van der Waals surface area contributed by atoms with E-state index in [4.69, 9.17) is 0 Å². The molecule has 0 aliphatic heterocycles. The second-order valence-electron chi connectivity index (χ2n) is 5.64. The fourth-order valence-corrected chi connectivity index (χ4v) is 2.60. The van der Waals surface area contributed by atoms with Crippen LogP contribution in [0.3, 0.4) is 0 Å². The molecule has 0 fully saturated rings. The van der Waals surface area contributed by atoms with E-state index >= 15 is 0 Å². The number of hydrogen-bond donors (Lipinski definition) is 1. The number of nitrogens with zero attached hydrogens (tertiary/aromatic N) is 1. The van der Waals surface area contributed by atoms with Crippen LogP contribution in [0.15, 0.2) is 29.6 Å². The first-order valence-electron chi connectivity index (χ1n) is 6.08. The van der Waals surface area contributed by atoms with E-state index in [1.807, 2.05) is 36.6 Å². The number of aryl methyl sites for hydroxylation is 1. The summed E-state index contributed by atoms with van der Waals surface area (Å²) in [5.74, 6) is 0. The van der Waals surface area contributed by atoms with Gasteiger partial charge in [-0.15, -0.1) is 11.3 Å². The van der Waals surface area contributed by atoms with E-state index in [0.717, 1.165) is 16.3 Å². The molecule has 0 spiro atoms. The van der Waals surface area contributed by atoms with Gasteiger partial charge in [-0.1, -0.05) is 50.6 Å². The summed E-state index contributed by atoms with van der Waals surface area (Å²) in [6, 6.07) is 7.93. The molecule has 0 saturated heterocycles. The minimum absolute atomic E-state index is 0.0376. The Labute approximate surface area is 112 Å². The highest BCUT2D eigenvalue weighted by Crippen LogP contribution is 2.29. The maximum absolute atomic E-state index is 10.3. The van der Waals surface area contributed by atoms with Crippen LogP contribution >= 0.6 is 11.3 Å². The van der Waals surface area contributed by atoms with Gasteiger partial charge < -0.3 is 5.11 Å². The van der Waals surface area contributed by atoms with Crippen LogP contribution in [0.5, 0.6) is 0 Å². The van der Waals surface area contributed by atoms with E-state index in [-0.39, 0.29) is 5.41 Å². The standard InChI is InChI=1S/C15H19NOS/c1-10-5-7-11(8-6-10)13(17)12-9-18-14(16-12)15(2,3)4/h5-9,13,17H,1-4H3. The molecule has 1 N–H and O–H groups in total. The van der Waals surface area contributed by atoms with Gasteiger partial charge in [-0.05, 0) is 12.5 Å². The molecular weight excluding hydrogens is 242 g/mol. The Morgan fingerprint density at radius 2 is 1.78 bits per heavy atom. The zero-order valence-corrected chi connectivity index (χ0v) is 12.1. The quantitative estimate of drug-likeness (QED) is 0.891. The normalized spacial score (nSPS) is 13.6. The minimum Gasteiger partial charge on any atom is -0.382 e. The molecule has 2 aromatic rings. The van der Waals surface area contributed by atoms with Gasteiger partial charge in [0.1, 0.15) is 6.10 Å². The van der Waals surface area contributed by atoms with Gasteiger partial charge in [0.15, 0.2) is 0 Å². The van der Waals surface area contributed by atoms with Gasteiger partial charge in [-0.2, -0.15) is 0 Å². The molecule has 0 aliphatic carbocycles. The Morgan fingerprint density at radius 1 is 1.17 bits per heavy atom. The smallest absolute Gasteiger partial charge is 0.122 e. The SMILES string of the molecule is Cc1ccc(C(O)c2csc(C(C)(C)C)n2)cc1. The molecule has 1 atom stereocenters. The predicted octanol–water partition coefficient (Wildman–Crippen LogP) is 3.83. The van der Waals surface area contributed by atoms with Gasteiger partial charge in [0, 0.05) is 10.8 Å². The predicted molar refractivity (Wildman–Crippen MR) is 76.1 cm³/mol. The number of aromatic nitrogens is 1. The molecule has 0 amide bonds. The van der Waals surface area contributed by atoms with Gasteiger partial charge in [-0.3, -0.25) is 0 Å². The summed E-state index contributed by atoms with van der Waals surface area (Å²) < 4.78 is 0. The first-order chi connectivity index (χ1) is 8.38. The Morgan fingerprint density at radius 3 is 2.28 bits per heavy atom. The number of benzene rings is 1. The number of aliphatic hydroxyl groups excluding tert-OH is 1. The maximum Gasteiger partial charge on any atom is 0.122 e. The first kappa shape index (κ1) is 13.2. The largest absolute Gasteiger partial charge is 0.382 e. The van der Waals surface area contributed by atoms with Crippen LogP contribution in [0.1, 0.15) is 48.7 Å². The number of rotatable bonds is 2. The molecule has 3 heteroatoms. The summed E-state index contributed by atoms with van der Waals surface area (Å²) in [7, 11) is 0. The molecular formula is C15H19NOS. The number of aliphatic hydroxyl groups is 1. The lowest BCUT2D eigenvalue weighted by Crippen LogP contribution is -2.11. The van der Waals surface area contributed by atoms with Crippen LogP contribution in [0, 0.1) is 6.92 Å². The van der Waals surface area contributed by atoms with Crippen molar-refractivity contribution < 1.29 is 5.11 Å². The zero-order valence-electron chi connectivity index (χ0n) is 11.3. The highest BCUT2D eigenvalue weighted by atomic mass is 32.1. The van der Waals surface area contributed by atoms with E-state index in [0.29, 0.717) is 0 Å². The van der Waals surface area contributed by atoms with Crippen LogP contribution < -0.4 is 0 Å². The van der Waals surface area contributed by atoms with Gasteiger partial charge in [0.2, 0.25) is 0 Å². The third-order valence-corrected chi connectivity index (χ3v) is 4.12.